The number of rotatable bonds is 16. The maximum Gasteiger partial charge on any atom is 0.303 e. The second-order valence-corrected chi connectivity index (χ2v) is 5.72. The van der Waals surface area contributed by atoms with Gasteiger partial charge in [0.2, 0.25) is 0 Å². The topological polar surface area (TPSA) is 76.0 Å². The summed E-state index contributed by atoms with van der Waals surface area (Å²) in [5, 5.41) is 20.7. The molecule has 0 aliphatic rings. The number of unbranched alkanes of at least 4 members (excludes halogenated alkanes) is 4. The van der Waals surface area contributed by atoms with E-state index in [0.717, 1.165) is 12.8 Å². The number of carboxylic acid groups (broad SMARTS) is 1. The molecule has 0 unspecified atom stereocenters. The van der Waals surface area contributed by atoms with Crippen molar-refractivity contribution in [3.8, 4) is 0 Å². The number of hydrogen-bond donors (Lipinski definition) is 2. The number of aliphatic carboxylic acids is 1. The minimum Gasteiger partial charge on any atom is -0.481 e. The molecule has 25 heavy (non-hydrogen) atoms. The van der Waals surface area contributed by atoms with Crippen LogP contribution >= 0.6 is 0 Å². The molecule has 1 atom stereocenters. The third-order valence-electron chi connectivity index (χ3n) is 3.45. The van der Waals surface area contributed by atoms with E-state index >= 15 is 0 Å². The molecule has 5 nitrogen and oxygen atoms in total. The zero-order valence-electron chi connectivity index (χ0n) is 15.2. The summed E-state index contributed by atoms with van der Waals surface area (Å²) in [5.41, 5.74) is 0. The normalized spacial score (nSPS) is 13.7. The SMILES string of the molecule is CCCCCC=CCC=CC=C[C@@H](CC=CCCCC(=O)O)OOO. The Morgan fingerprint density at radius 1 is 1.00 bits per heavy atom. The van der Waals surface area contributed by atoms with Gasteiger partial charge >= 0.3 is 5.97 Å². The molecule has 2 N–H and O–H groups in total. The van der Waals surface area contributed by atoms with E-state index in [1.807, 2.05) is 30.4 Å². The van der Waals surface area contributed by atoms with Crippen LogP contribution in [-0.4, -0.2) is 22.4 Å². The Morgan fingerprint density at radius 2 is 1.76 bits per heavy atom. The van der Waals surface area contributed by atoms with Crippen molar-refractivity contribution in [2.24, 2.45) is 0 Å². The summed E-state index contributed by atoms with van der Waals surface area (Å²) in [5.74, 6) is -0.784. The molecule has 0 aromatic carbocycles. The Balaban J connectivity index is 3.95. The van der Waals surface area contributed by atoms with Crippen molar-refractivity contribution < 1.29 is 25.1 Å². The molecular formula is C20H32O5. The Labute approximate surface area is 151 Å². The third-order valence-corrected chi connectivity index (χ3v) is 3.45. The monoisotopic (exact) mass is 352 g/mol. The molecule has 5 heteroatoms. The van der Waals surface area contributed by atoms with Crippen LogP contribution in [0.4, 0.5) is 0 Å². The van der Waals surface area contributed by atoms with Gasteiger partial charge in [-0.1, -0.05) is 73.4 Å². The van der Waals surface area contributed by atoms with E-state index in [-0.39, 0.29) is 6.42 Å². The van der Waals surface area contributed by atoms with Crippen molar-refractivity contribution >= 4 is 5.97 Å². The molecule has 0 heterocycles. The molecule has 0 saturated carbocycles. The quantitative estimate of drug-likeness (QED) is 0.124. The smallest absolute Gasteiger partial charge is 0.303 e. The van der Waals surface area contributed by atoms with Gasteiger partial charge in [-0.25, -0.2) is 5.26 Å². The fraction of sp³-hybridized carbons (Fsp3) is 0.550. The summed E-state index contributed by atoms with van der Waals surface area (Å²) in [6.07, 6.45) is 23.2. The molecule has 0 amide bonds. The van der Waals surface area contributed by atoms with Gasteiger partial charge in [-0.05, 0) is 38.5 Å². The Kier molecular flexibility index (Phi) is 17.4. The lowest BCUT2D eigenvalue weighted by molar-refractivity contribution is -0.500. The maximum atomic E-state index is 10.4. The molecule has 0 aliphatic carbocycles. The zero-order chi connectivity index (χ0) is 18.6. The molecule has 0 fully saturated rings. The van der Waals surface area contributed by atoms with Crippen molar-refractivity contribution in [2.45, 2.75) is 70.8 Å². The van der Waals surface area contributed by atoms with Crippen molar-refractivity contribution in [2.75, 3.05) is 0 Å². The predicted molar refractivity (Wildman–Crippen MR) is 100 cm³/mol. The minimum absolute atomic E-state index is 0.168. The number of carbonyl (C=O) groups is 1. The first-order chi connectivity index (χ1) is 12.2. The van der Waals surface area contributed by atoms with E-state index in [9.17, 15) is 4.79 Å². The third kappa shape index (κ3) is 18.5. The highest BCUT2D eigenvalue weighted by Crippen LogP contribution is 2.05. The van der Waals surface area contributed by atoms with Gasteiger partial charge in [0.1, 0.15) is 6.10 Å². The first kappa shape index (κ1) is 23.3. The zero-order valence-corrected chi connectivity index (χ0v) is 15.2. The Hall–Kier alpha value is -1.69. The van der Waals surface area contributed by atoms with Gasteiger partial charge in [0.15, 0.2) is 0 Å². The van der Waals surface area contributed by atoms with E-state index in [0.29, 0.717) is 19.3 Å². The largest absolute Gasteiger partial charge is 0.481 e. The van der Waals surface area contributed by atoms with Crippen molar-refractivity contribution in [1.29, 1.82) is 0 Å². The Morgan fingerprint density at radius 3 is 2.48 bits per heavy atom. The lowest BCUT2D eigenvalue weighted by atomic mass is 10.1. The second kappa shape index (κ2) is 18.6. The lowest BCUT2D eigenvalue weighted by Crippen LogP contribution is -2.07. The van der Waals surface area contributed by atoms with Crippen LogP contribution < -0.4 is 0 Å². The number of allylic oxidation sites excluding steroid dienone is 6. The maximum absolute atomic E-state index is 10.4. The van der Waals surface area contributed by atoms with Crippen molar-refractivity contribution in [1.82, 2.24) is 0 Å². The standard InChI is InChI=1S/C20H32O5/c1-2-3-4-5-6-7-8-9-10-13-16-19(24-25-23)17-14-11-12-15-18-20(21)22/h6-7,9-11,13-14,16,19,23H,2-5,8,12,15,17-18H2,1H3,(H,21,22)/t19-/m0/s1. The van der Waals surface area contributed by atoms with Crippen LogP contribution in [0.25, 0.3) is 0 Å². The van der Waals surface area contributed by atoms with Crippen molar-refractivity contribution in [3.63, 3.8) is 0 Å². The van der Waals surface area contributed by atoms with Crippen LogP contribution in [0.5, 0.6) is 0 Å². The van der Waals surface area contributed by atoms with E-state index in [1.165, 1.54) is 19.3 Å². The summed E-state index contributed by atoms with van der Waals surface area (Å²) in [4.78, 5) is 15.1. The molecule has 0 aromatic rings. The molecule has 0 spiro atoms. The average Bonchev–Trinajstić information content (AvgIpc) is 2.59. The second-order valence-electron chi connectivity index (χ2n) is 5.72. The molecule has 0 saturated heterocycles. The summed E-state index contributed by atoms with van der Waals surface area (Å²) >= 11 is 0. The highest BCUT2D eigenvalue weighted by atomic mass is 17.5. The summed E-state index contributed by atoms with van der Waals surface area (Å²) in [6.45, 7) is 2.20. The van der Waals surface area contributed by atoms with Gasteiger partial charge in [-0.3, -0.25) is 4.79 Å². The van der Waals surface area contributed by atoms with Crippen LogP contribution in [-0.2, 0) is 14.7 Å². The molecule has 0 aromatic heterocycles. The Bertz CT molecular complexity index is 424. The van der Waals surface area contributed by atoms with Crippen LogP contribution in [0.3, 0.4) is 0 Å². The van der Waals surface area contributed by atoms with E-state index in [2.05, 4.69) is 24.1 Å². The predicted octanol–water partition coefficient (Wildman–Crippen LogP) is 5.62. The lowest BCUT2D eigenvalue weighted by Gasteiger charge is -2.06. The van der Waals surface area contributed by atoms with Gasteiger partial charge in [0.05, 0.1) is 0 Å². The van der Waals surface area contributed by atoms with Gasteiger partial charge in [0.25, 0.3) is 0 Å². The molecule has 0 bridgehead atoms. The fourth-order valence-electron chi connectivity index (χ4n) is 2.07. The minimum atomic E-state index is -0.784. The van der Waals surface area contributed by atoms with E-state index in [4.69, 9.17) is 15.3 Å². The highest BCUT2D eigenvalue weighted by molar-refractivity contribution is 5.66. The molecule has 0 rings (SSSR count). The summed E-state index contributed by atoms with van der Waals surface area (Å²) in [6, 6.07) is 0. The number of hydrogen-bond acceptors (Lipinski definition) is 4. The average molecular weight is 352 g/mol. The van der Waals surface area contributed by atoms with Crippen LogP contribution in [0.2, 0.25) is 0 Å². The van der Waals surface area contributed by atoms with Crippen molar-refractivity contribution in [3.05, 3.63) is 48.6 Å². The first-order valence-electron chi connectivity index (χ1n) is 9.02. The fourth-order valence-corrected chi connectivity index (χ4v) is 2.07. The van der Waals surface area contributed by atoms with Gasteiger partial charge < -0.3 is 5.11 Å². The van der Waals surface area contributed by atoms with Crippen LogP contribution in [0, 0.1) is 0 Å². The van der Waals surface area contributed by atoms with Gasteiger partial charge in [0, 0.05) is 6.42 Å². The molecular weight excluding hydrogens is 320 g/mol. The first-order valence-corrected chi connectivity index (χ1v) is 9.02. The molecule has 0 radical (unpaired) electrons. The summed E-state index contributed by atoms with van der Waals surface area (Å²) < 4.78 is 0. The summed E-state index contributed by atoms with van der Waals surface area (Å²) in [7, 11) is 0. The van der Waals surface area contributed by atoms with E-state index in [1.54, 1.807) is 6.08 Å². The van der Waals surface area contributed by atoms with Crippen LogP contribution in [0.1, 0.15) is 64.7 Å². The van der Waals surface area contributed by atoms with Gasteiger partial charge in [-0.2, -0.15) is 4.89 Å². The van der Waals surface area contributed by atoms with E-state index < -0.39 is 12.1 Å². The van der Waals surface area contributed by atoms with Gasteiger partial charge in [-0.15, -0.1) is 0 Å². The van der Waals surface area contributed by atoms with Crippen LogP contribution in [0.15, 0.2) is 48.6 Å². The number of carboxylic acids is 1. The highest BCUT2D eigenvalue weighted by Gasteiger charge is 2.03. The molecule has 0 aliphatic heterocycles. The molecule has 142 valence electrons.